The van der Waals surface area contributed by atoms with E-state index >= 15 is 0 Å². The van der Waals surface area contributed by atoms with Gasteiger partial charge in [-0.25, -0.2) is 4.98 Å². The third-order valence-electron chi connectivity index (χ3n) is 5.03. The number of nitrogens with one attached hydrogen (secondary N) is 1. The molecule has 2 heterocycles. The molecule has 0 radical (unpaired) electrons. The maximum atomic E-state index is 12.6. The molecular formula is C24H22N4OS. The average molecular weight is 415 g/mol. The summed E-state index contributed by atoms with van der Waals surface area (Å²) in [6, 6.07) is 20.0. The van der Waals surface area contributed by atoms with E-state index in [0.717, 1.165) is 45.7 Å². The van der Waals surface area contributed by atoms with E-state index in [1.54, 1.807) is 0 Å². The first-order chi connectivity index (χ1) is 14.6. The Morgan fingerprint density at radius 2 is 1.97 bits per heavy atom. The quantitative estimate of drug-likeness (QED) is 0.432. The molecule has 2 aromatic heterocycles. The fourth-order valence-electron chi connectivity index (χ4n) is 3.58. The van der Waals surface area contributed by atoms with Crippen molar-refractivity contribution in [3.8, 4) is 6.07 Å². The number of amides is 1. The minimum Gasteiger partial charge on any atom is -0.325 e. The summed E-state index contributed by atoms with van der Waals surface area (Å²) in [5.74, 6) is 0.209. The van der Waals surface area contributed by atoms with E-state index in [1.165, 1.54) is 11.8 Å². The molecule has 0 saturated carbocycles. The van der Waals surface area contributed by atoms with Crippen molar-refractivity contribution >= 4 is 40.0 Å². The van der Waals surface area contributed by atoms with E-state index in [1.807, 2.05) is 65.9 Å². The lowest BCUT2D eigenvalue weighted by atomic mass is 10.1. The van der Waals surface area contributed by atoms with Crippen LogP contribution in [0.5, 0.6) is 0 Å². The molecule has 2 aromatic carbocycles. The second-order valence-corrected chi connectivity index (χ2v) is 8.15. The highest BCUT2D eigenvalue weighted by molar-refractivity contribution is 7.99. The minimum atomic E-state index is -0.0618. The van der Waals surface area contributed by atoms with Crippen molar-refractivity contribution in [1.29, 1.82) is 5.26 Å². The van der Waals surface area contributed by atoms with Gasteiger partial charge in [-0.05, 0) is 48.7 Å². The molecule has 1 N–H and O–H groups in total. The lowest BCUT2D eigenvalue weighted by Crippen LogP contribution is -2.15. The maximum Gasteiger partial charge on any atom is 0.234 e. The first kappa shape index (κ1) is 20.0. The Balaban J connectivity index is 1.71. The summed E-state index contributed by atoms with van der Waals surface area (Å²) in [4.78, 5) is 17.3. The predicted molar refractivity (Wildman–Crippen MR) is 122 cm³/mol. The molecule has 0 aliphatic rings. The average Bonchev–Trinajstić information content (AvgIpc) is 3.13. The first-order valence-corrected chi connectivity index (χ1v) is 10.9. The number of carbonyl (C=O) groups is 1. The van der Waals surface area contributed by atoms with Crippen LogP contribution in [0.2, 0.25) is 0 Å². The zero-order chi connectivity index (χ0) is 21.1. The van der Waals surface area contributed by atoms with Crippen LogP contribution in [0, 0.1) is 18.3 Å². The van der Waals surface area contributed by atoms with Crippen molar-refractivity contribution in [2.24, 2.45) is 0 Å². The first-order valence-electron chi connectivity index (χ1n) is 9.93. The zero-order valence-corrected chi connectivity index (χ0v) is 17.8. The number of pyridine rings is 1. The number of nitrogens with zero attached hydrogens (tertiary/aromatic N) is 3. The third kappa shape index (κ3) is 3.77. The van der Waals surface area contributed by atoms with Gasteiger partial charge in [0.15, 0.2) is 5.65 Å². The molecule has 0 bridgehead atoms. The van der Waals surface area contributed by atoms with E-state index < -0.39 is 0 Å². The molecule has 0 aliphatic heterocycles. The lowest BCUT2D eigenvalue weighted by Gasteiger charge is -2.12. The Bertz CT molecular complexity index is 1290. The summed E-state index contributed by atoms with van der Waals surface area (Å²) >= 11 is 1.46. The van der Waals surface area contributed by atoms with Crippen LogP contribution in [0.3, 0.4) is 0 Å². The van der Waals surface area contributed by atoms with Gasteiger partial charge in [-0.2, -0.15) is 5.26 Å². The summed E-state index contributed by atoms with van der Waals surface area (Å²) in [7, 11) is 0. The molecule has 0 spiro atoms. The molecule has 30 heavy (non-hydrogen) atoms. The molecule has 4 aromatic rings. The van der Waals surface area contributed by atoms with Gasteiger partial charge in [-0.1, -0.05) is 55.4 Å². The summed E-state index contributed by atoms with van der Waals surface area (Å²) < 4.78 is 2.00. The Kier molecular flexibility index (Phi) is 5.73. The van der Waals surface area contributed by atoms with Crippen LogP contribution >= 0.6 is 11.8 Å². The number of imidazole rings is 1. The van der Waals surface area contributed by atoms with Gasteiger partial charge in [0.1, 0.15) is 6.07 Å². The van der Waals surface area contributed by atoms with Crippen molar-refractivity contribution in [3.63, 3.8) is 0 Å². The highest BCUT2D eigenvalue weighted by Gasteiger charge is 2.17. The van der Waals surface area contributed by atoms with Crippen LogP contribution in [-0.4, -0.2) is 21.0 Å². The third-order valence-corrected chi connectivity index (χ3v) is 6.03. The standard InChI is InChI=1S/C24H22N4OS/c1-3-8-17-13-23(30-15-22(29)26-19-10-5-4-9-16(19)2)28-21-12-7-6-11-20(21)27-24(28)18(17)14-25/h4-7,9-13H,3,8,15H2,1-2H3,(H,26,29). The predicted octanol–water partition coefficient (Wildman–Crippen LogP) is 5.35. The fourth-order valence-corrected chi connectivity index (χ4v) is 4.47. The van der Waals surface area contributed by atoms with E-state index in [-0.39, 0.29) is 11.7 Å². The van der Waals surface area contributed by atoms with Crippen LogP contribution in [0.4, 0.5) is 5.69 Å². The van der Waals surface area contributed by atoms with Gasteiger partial charge in [-0.3, -0.25) is 9.20 Å². The van der Waals surface area contributed by atoms with Gasteiger partial charge in [0, 0.05) is 5.69 Å². The summed E-state index contributed by atoms with van der Waals surface area (Å²) in [6.45, 7) is 4.07. The van der Waals surface area contributed by atoms with Gasteiger partial charge < -0.3 is 5.32 Å². The fraction of sp³-hybridized carbons (Fsp3) is 0.208. The summed E-state index contributed by atoms with van der Waals surface area (Å²) in [6.07, 6.45) is 1.73. The van der Waals surface area contributed by atoms with Crippen molar-refractivity contribution in [2.45, 2.75) is 31.7 Å². The SMILES string of the molecule is CCCc1cc(SCC(=O)Nc2ccccc2C)n2c(nc3ccccc32)c1C#N. The van der Waals surface area contributed by atoms with Gasteiger partial charge >= 0.3 is 0 Å². The minimum absolute atomic E-state index is 0.0618. The lowest BCUT2D eigenvalue weighted by molar-refractivity contribution is -0.113. The molecule has 150 valence electrons. The Morgan fingerprint density at radius 1 is 1.20 bits per heavy atom. The van der Waals surface area contributed by atoms with E-state index in [9.17, 15) is 10.1 Å². The number of para-hydroxylation sites is 3. The number of aryl methyl sites for hydroxylation is 2. The van der Waals surface area contributed by atoms with Crippen molar-refractivity contribution in [1.82, 2.24) is 9.38 Å². The number of hydrogen-bond acceptors (Lipinski definition) is 4. The van der Waals surface area contributed by atoms with Gasteiger partial charge in [0.25, 0.3) is 0 Å². The topological polar surface area (TPSA) is 70.2 Å². The maximum absolute atomic E-state index is 12.6. The molecule has 0 saturated heterocycles. The number of anilines is 1. The molecule has 0 unspecified atom stereocenters. The van der Waals surface area contributed by atoms with Crippen LogP contribution in [0.15, 0.2) is 59.6 Å². The molecule has 0 atom stereocenters. The molecule has 5 nitrogen and oxygen atoms in total. The van der Waals surface area contributed by atoms with E-state index in [0.29, 0.717) is 11.2 Å². The Morgan fingerprint density at radius 3 is 2.73 bits per heavy atom. The number of hydrogen-bond donors (Lipinski definition) is 1. The second kappa shape index (κ2) is 8.60. The highest BCUT2D eigenvalue weighted by atomic mass is 32.2. The van der Waals surface area contributed by atoms with Gasteiger partial charge in [-0.15, -0.1) is 0 Å². The molecule has 0 fully saturated rings. The van der Waals surface area contributed by atoms with Gasteiger partial charge in [0.2, 0.25) is 5.91 Å². The molecule has 4 rings (SSSR count). The van der Waals surface area contributed by atoms with Crippen molar-refractivity contribution in [2.75, 3.05) is 11.1 Å². The Hall–Kier alpha value is -3.30. The number of benzene rings is 2. The summed E-state index contributed by atoms with van der Waals surface area (Å²) in [5, 5.41) is 13.7. The number of nitriles is 1. The molecular weight excluding hydrogens is 392 g/mol. The monoisotopic (exact) mass is 414 g/mol. The smallest absolute Gasteiger partial charge is 0.234 e. The number of fused-ring (bicyclic) bond motifs is 3. The number of rotatable bonds is 6. The molecule has 6 heteroatoms. The number of aromatic nitrogens is 2. The summed E-state index contributed by atoms with van der Waals surface area (Å²) in [5.41, 5.74) is 5.89. The number of thioether (sulfide) groups is 1. The zero-order valence-electron chi connectivity index (χ0n) is 17.0. The number of carbonyl (C=O) groups excluding carboxylic acids is 1. The van der Waals surface area contributed by atoms with Crippen LogP contribution in [0.1, 0.15) is 30.0 Å². The van der Waals surface area contributed by atoms with Crippen LogP contribution < -0.4 is 5.32 Å². The molecule has 0 aliphatic carbocycles. The van der Waals surface area contributed by atoms with Crippen molar-refractivity contribution < 1.29 is 4.79 Å². The second-order valence-electron chi connectivity index (χ2n) is 7.16. The van der Waals surface area contributed by atoms with Crippen LogP contribution in [-0.2, 0) is 11.2 Å². The van der Waals surface area contributed by atoms with Crippen molar-refractivity contribution in [3.05, 3.63) is 71.3 Å². The van der Waals surface area contributed by atoms with Crippen LogP contribution in [0.25, 0.3) is 16.7 Å². The largest absolute Gasteiger partial charge is 0.325 e. The Labute approximate surface area is 179 Å². The van der Waals surface area contributed by atoms with E-state index in [2.05, 4.69) is 18.3 Å². The molecule has 1 amide bonds. The highest BCUT2D eigenvalue weighted by Crippen LogP contribution is 2.30. The van der Waals surface area contributed by atoms with E-state index in [4.69, 9.17) is 4.98 Å². The normalized spacial score (nSPS) is 11.0. The van der Waals surface area contributed by atoms with Gasteiger partial charge in [0.05, 0.1) is 27.4 Å².